The predicted molar refractivity (Wildman–Crippen MR) is 88.7 cm³/mol. The molecule has 2 aromatic rings. The molecular formula is C18H20F2N2O3. The van der Waals surface area contributed by atoms with Crippen LogP contribution in [0.25, 0.3) is 0 Å². The number of rotatable bonds is 6. The molecule has 1 aromatic heterocycles. The van der Waals surface area contributed by atoms with Crippen molar-refractivity contribution in [3.05, 3.63) is 53.3 Å². The Morgan fingerprint density at radius 2 is 2.12 bits per heavy atom. The lowest BCUT2D eigenvalue weighted by molar-refractivity contribution is -0.0499. The lowest BCUT2D eigenvalue weighted by Gasteiger charge is -2.27. The second-order valence-electron chi connectivity index (χ2n) is 6.05. The van der Waals surface area contributed by atoms with Crippen molar-refractivity contribution in [3.63, 3.8) is 0 Å². The Balaban J connectivity index is 1.73. The highest BCUT2D eigenvalue weighted by molar-refractivity contribution is 5.50. The molecule has 5 nitrogen and oxygen atoms in total. The zero-order chi connectivity index (χ0) is 17.8. The number of hydrogen-bond acceptors (Lipinski definition) is 5. The summed E-state index contributed by atoms with van der Waals surface area (Å²) in [5.41, 5.74) is 3.06. The normalized spacial score (nSPS) is 16.8. The van der Waals surface area contributed by atoms with Crippen LogP contribution in [-0.2, 0) is 6.42 Å². The molecule has 0 aliphatic heterocycles. The van der Waals surface area contributed by atoms with Crippen LogP contribution in [0.1, 0.15) is 41.7 Å². The van der Waals surface area contributed by atoms with Gasteiger partial charge in [-0.15, -0.1) is 0 Å². The number of alkyl halides is 2. The Kier molecular flexibility index (Phi) is 5.45. The number of nitrogens with zero attached hydrogens (tertiary/aromatic N) is 1. The number of halogens is 2. The molecule has 3 rings (SSSR count). The van der Waals surface area contributed by atoms with E-state index in [1.807, 2.05) is 6.07 Å². The maximum absolute atomic E-state index is 12.4. The summed E-state index contributed by atoms with van der Waals surface area (Å²) in [5.74, 6) is 0.383. The van der Waals surface area contributed by atoms with Crippen LogP contribution >= 0.6 is 0 Å². The first-order valence-corrected chi connectivity index (χ1v) is 8.16. The van der Waals surface area contributed by atoms with Crippen molar-refractivity contribution in [1.82, 2.24) is 4.98 Å². The molecule has 0 radical (unpaired) electrons. The minimum Gasteiger partial charge on any atom is -0.435 e. The van der Waals surface area contributed by atoms with Gasteiger partial charge < -0.3 is 20.3 Å². The van der Waals surface area contributed by atoms with Crippen LogP contribution in [0.2, 0.25) is 0 Å². The van der Waals surface area contributed by atoms with Crippen molar-refractivity contribution in [2.75, 3.05) is 11.9 Å². The zero-order valence-corrected chi connectivity index (χ0v) is 13.5. The van der Waals surface area contributed by atoms with Gasteiger partial charge >= 0.3 is 6.61 Å². The van der Waals surface area contributed by atoms with Gasteiger partial charge in [0, 0.05) is 24.2 Å². The molecule has 134 valence electrons. The van der Waals surface area contributed by atoms with Gasteiger partial charge in [-0.05, 0) is 48.6 Å². The highest BCUT2D eigenvalue weighted by Crippen LogP contribution is 2.34. The molecule has 0 bridgehead atoms. The summed E-state index contributed by atoms with van der Waals surface area (Å²) in [5, 5.41) is 22.0. The Morgan fingerprint density at radius 3 is 2.88 bits per heavy atom. The standard InChI is InChI=1S/C18H20F2N2O3/c19-18(20)25-13-4-5-14-11(8-13)2-1-3-12(14)9-22-16-10-21-7-6-15(16)17(23)24/h4-8,10,12,17-18,22-24H,1-3,9H2/t12-/m0/s1. The monoisotopic (exact) mass is 350 g/mol. The summed E-state index contributed by atoms with van der Waals surface area (Å²) in [6.07, 6.45) is 4.24. The van der Waals surface area contributed by atoms with Crippen LogP contribution in [0.3, 0.4) is 0 Å². The molecule has 1 aromatic carbocycles. The van der Waals surface area contributed by atoms with Gasteiger partial charge in [0.15, 0.2) is 6.29 Å². The SMILES string of the molecule is OC(O)c1ccncc1NC[C@@H]1CCCc2cc(OC(F)F)ccc21. The number of fused-ring (bicyclic) bond motifs is 1. The van der Waals surface area contributed by atoms with Gasteiger partial charge in [0.2, 0.25) is 0 Å². The highest BCUT2D eigenvalue weighted by Gasteiger charge is 2.21. The fourth-order valence-electron chi connectivity index (χ4n) is 3.29. The number of aryl methyl sites for hydroxylation is 1. The summed E-state index contributed by atoms with van der Waals surface area (Å²) in [6.45, 7) is -2.24. The van der Waals surface area contributed by atoms with E-state index in [0.717, 1.165) is 30.4 Å². The number of ether oxygens (including phenoxy) is 1. The summed E-state index contributed by atoms with van der Waals surface area (Å²) in [4.78, 5) is 4.00. The average molecular weight is 350 g/mol. The number of pyridine rings is 1. The fourth-order valence-corrected chi connectivity index (χ4v) is 3.29. The lowest BCUT2D eigenvalue weighted by Crippen LogP contribution is -2.19. The fraction of sp³-hybridized carbons (Fsp3) is 0.389. The molecule has 1 aliphatic rings. The van der Waals surface area contributed by atoms with Crippen LogP contribution < -0.4 is 10.1 Å². The number of aliphatic hydroxyl groups excluding tert-OH is 1. The maximum Gasteiger partial charge on any atom is 0.387 e. The second-order valence-corrected chi connectivity index (χ2v) is 6.05. The van der Waals surface area contributed by atoms with Crippen LogP contribution in [0.4, 0.5) is 14.5 Å². The first-order valence-electron chi connectivity index (χ1n) is 8.16. The third-order valence-corrected chi connectivity index (χ3v) is 4.45. The van der Waals surface area contributed by atoms with Crippen molar-refractivity contribution in [3.8, 4) is 5.75 Å². The molecule has 0 unspecified atom stereocenters. The average Bonchev–Trinajstić information content (AvgIpc) is 2.59. The molecule has 1 atom stereocenters. The van der Waals surface area contributed by atoms with E-state index in [-0.39, 0.29) is 11.7 Å². The van der Waals surface area contributed by atoms with Gasteiger partial charge in [-0.2, -0.15) is 8.78 Å². The Bertz CT molecular complexity index is 725. The van der Waals surface area contributed by atoms with Crippen molar-refractivity contribution in [2.24, 2.45) is 0 Å². The summed E-state index contributed by atoms with van der Waals surface area (Å²) >= 11 is 0. The number of hydrogen-bond donors (Lipinski definition) is 3. The van der Waals surface area contributed by atoms with Gasteiger partial charge in [0.1, 0.15) is 5.75 Å². The van der Waals surface area contributed by atoms with E-state index in [9.17, 15) is 19.0 Å². The second kappa shape index (κ2) is 7.76. The van der Waals surface area contributed by atoms with Gasteiger partial charge in [-0.25, -0.2) is 0 Å². The third-order valence-electron chi connectivity index (χ3n) is 4.45. The predicted octanol–water partition coefficient (Wildman–Crippen LogP) is 3.20. The molecule has 1 heterocycles. The van der Waals surface area contributed by atoms with Crippen molar-refractivity contribution < 1.29 is 23.7 Å². The van der Waals surface area contributed by atoms with Gasteiger partial charge in [0.25, 0.3) is 0 Å². The topological polar surface area (TPSA) is 74.6 Å². The summed E-state index contributed by atoms with van der Waals surface area (Å²) in [7, 11) is 0. The molecule has 0 spiro atoms. The minimum atomic E-state index is -2.83. The quantitative estimate of drug-likeness (QED) is 0.698. The van der Waals surface area contributed by atoms with E-state index >= 15 is 0 Å². The molecular weight excluding hydrogens is 330 g/mol. The smallest absolute Gasteiger partial charge is 0.387 e. The minimum absolute atomic E-state index is 0.181. The number of aromatic nitrogens is 1. The van der Waals surface area contributed by atoms with E-state index in [2.05, 4.69) is 15.0 Å². The summed E-state index contributed by atoms with van der Waals surface area (Å²) < 4.78 is 29.2. The van der Waals surface area contributed by atoms with Crippen molar-refractivity contribution in [2.45, 2.75) is 38.1 Å². The molecule has 3 N–H and O–H groups in total. The van der Waals surface area contributed by atoms with Crippen LogP contribution in [-0.4, -0.2) is 28.4 Å². The molecule has 1 aliphatic carbocycles. The van der Waals surface area contributed by atoms with Gasteiger partial charge in [-0.1, -0.05) is 6.07 Å². The molecule has 0 fully saturated rings. The Hall–Kier alpha value is -2.25. The summed E-state index contributed by atoms with van der Waals surface area (Å²) in [6, 6.07) is 6.64. The first-order chi connectivity index (χ1) is 12.0. The van der Waals surface area contributed by atoms with Crippen molar-refractivity contribution in [1.29, 1.82) is 0 Å². The number of nitrogens with one attached hydrogen (secondary N) is 1. The van der Waals surface area contributed by atoms with E-state index in [1.165, 1.54) is 6.20 Å². The van der Waals surface area contributed by atoms with Crippen LogP contribution in [0.15, 0.2) is 36.7 Å². The lowest BCUT2D eigenvalue weighted by atomic mass is 9.82. The zero-order valence-electron chi connectivity index (χ0n) is 13.5. The first kappa shape index (κ1) is 17.6. The van der Waals surface area contributed by atoms with Gasteiger partial charge in [0.05, 0.1) is 11.9 Å². The molecule has 7 heteroatoms. The number of anilines is 1. The van der Waals surface area contributed by atoms with E-state index in [0.29, 0.717) is 17.8 Å². The molecule has 0 saturated heterocycles. The Labute approximate surface area is 144 Å². The number of aliphatic hydroxyl groups is 2. The third kappa shape index (κ3) is 4.24. The molecule has 25 heavy (non-hydrogen) atoms. The Morgan fingerprint density at radius 1 is 1.28 bits per heavy atom. The highest BCUT2D eigenvalue weighted by atomic mass is 19.3. The largest absolute Gasteiger partial charge is 0.435 e. The van der Waals surface area contributed by atoms with Crippen LogP contribution in [0.5, 0.6) is 5.75 Å². The van der Waals surface area contributed by atoms with E-state index in [1.54, 1.807) is 24.4 Å². The molecule has 0 amide bonds. The van der Waals surface area contributed by atoms with Crippen molar-refractivity contribution >= 4 is 5.69 Å². The molecule has 0 saturated carbocycles. The maximum atomic E-state index is 12.4. The van der Waals surface area contributed by atoms with E-state index < -0.39 is 12.9 Å². The number of benzene rings is 1. The van der Waals surface area contributed by atoms with Gasteiger partial charge in [-0.3, -0.25) is 4.98 Å². The van der Waals surface area contributed by atoms with Crippen LogP contribution in [0, 0.1) is 0 Å². The van der Waals surface area contributed by atoms with E-state index in [4.69, 9.17) is 0 Å².